The molecule has 26 heavy (non-hydrogen) atoms. The first kappa shape index (κ1) is 19.4. The fraction of sp³-hybridized carbons (Fsp3) is 0.571. The van der Waals surface area contributed by atoms with Crippen LogP contribution >= 0.6 is 11.6 Å². The normalized spacial score (nSPS) is 17.8. The predicted octanol–water partition coefficient (Wildman–Crippen LogP) is 4.92. The lowest BCUT2D eigenvalue weighted by Gasteiger charge is -2.34. The van der Waals surface area contributed by atoms with Crippen molar-refractivity contribution in [3.05, 3.63) is 40.7 Å². The van der Waals surface area contributed by atoms with Crippen molar-refractivity contribution in [3.63, 3.8) is 0 Å². The minimum absolute atomic E-state index is 0.164. The van der Waals surface area contributed by atoms with Crippen molar-refractivity contribution in [1.82, 2.24) is 9.88 Å². The average molecular weight is 377 g/mol. The molecule has 5 heteroatoms. The molecule has 1 aliphatic heterocycles. The highest BCUT2D eigenvalue weighted by molar-refractivity contribution is 6.30. The second-order valence-electron chi connectivity index (χ2n) is 7.84. The lowest BCUT2D eigenvalue weighted by Crippen LogP contribution is -2.38. The van der Waals surface area contributed by atoms with E-state index < -0.39 is 0 Å². The number of hydrogen-bond acceptors (Lipinski definition) is 4. The Labute approximate surface area is 161 Å². The van der Waals surface area contributed by atoms with Crippen LogP contribution in [0.15, 0.2) is 28.7 Å². The molecule has 0 saturated carbocycles. The summed E-state index contributed by atoms with van der Waals surface area (Å²) in [6.07, 6.45) is 2.84. The van der Waals surface area contributed by atoms with Gasteiger partial charge >= 0.3 is 0 Å². The van der Waals surface area contributed by atoms with Crippen LogP contribution in [-0.4, -0.2) is 34.2 Å². The van der Waals surface area contributed by atoms with Crippen LogP contribution < -0.4 is 0 Å². The number of nitrogens with zero attached hydrogens (tertiary/aromatic N) is 2. The number of aryl methyl sites for hydroxylation is 1. The third-order valence-corrected chi connectivity index (χ3v) is 5.50. The molecule has 2 aromatic rings. The molecule has 1 aromatic carbocycles. The summed E-state index contributed by atoms with van der Waals surface area (Å²) in [5.41, 5.74) is 1.94. The zero-order chi connectivity index (χ0) is 18.7. The smallest absolute Gasteiger partial charge is 0.226 e. The van der Waals surface area contributed by atoms with E-state index in [1.165, 1.54) is 0 Å². The highest BCUT2D eigenvalue weighted by Crippen LogP contribution is 2.27. The van der Waals surface area contributed by atoms with Gasteiger partial charge in [-0.25, -0.2) is 4.98 Å². The number of aromatic nitrogens is 1. The van der Waals surface area contributed by atoms with Crippen molar-refractivity contribution >= 4 is 11.6 Å². The molecule has 4 nitrogen and oxygen atoms in total. The first-order chi connectivity index (χ1) is 12.4. The van der Waals surface area contributed by atoms with E-state index >= 15 is 0 Å². The Hall–Kier alpha value is -1.36. The van der Waals surface area contributed by atoms with Gasteiger partial charge in [0.25, 0.3) is 0 Å². The molecule has 2 heterocycles. The topological polar surface area (TPSA) is 49.5 Å². The van der Waals surface area contributed by atoms with E-state index in [2.05, 4.69) is 18.7 Å². The maximum absolute atomic E-state index is 10.4. The number of aliphatic hydroxyl groups excluding tert-OH is 1. The van der Waals surface area contributed by atoms with Crippen LogP contribution in [0, 0.1) is 18.8 Å². The average Bonchev–Trinajstić information content (AvgIpc) is 2.96. The molecule has 0 radical (unpaired) electrons. The van der Waals surface area contributed by atoms with E-state index in [0.717, 1.165) is 55.9 Å². The molecule has 1 aliphatic rings. The molecule has 1 saturated heterocycles. The Morgan fingerprint density at radius 3 is 2.50 bits per heavy atom. The van der Waals surface area contributed by atoms with Crippen LogP contribution in [0.3, 0.4) is 0 Å². The molecular formula is C21H29ClN2O2. The van der Waals surface area contributed by atoms with E-state index in [1.807, 2.05) is 31.2 Å². The SMILES string of the molecule is Cc1oc(-c2ccc(Cl)cc2)nc1CN1CCC(C(O)CC(C)C)CC1. The van der Waals surface area contributed by atoms with Gasteiger partial charge < -0.3 is 9.52 Å². The Kier molecular flexibility index (Phi) is 6.38. The van der Waals surface area contributed by atoms with Gasteiger partial charge in [0.1, 0.15) is 5.76 Å². The maximum Gasteiger partial charge on any atom is 0.226 e. The predicted molar refractivity (Wildman–Crippen MR) is 105 cm³/mol. The molecule has 1 unspecified atom stereocenters. The number of oxazole rings is 1. The third-order valence-electron chi connectivity index (χ3n) is 5.25. The first-order valence-corrected chi connectivity index (χ1v) is 9.93. The zero-order valence-electron chi connectivity index (χ0n) is 15.9. The molecule has 0 bridgehead atoms. The van der Waals surface area contributed by atoms with Crippen LogP contribution in [0.1, 0.15) is 44.6 Å². The maximum atomic E-state index is 10.4. The molecule has 1 aromatic heterocycles. The van der Waals surface area contributed by atoms with Crippen LogP contribution in [0.4, 0.5) is 0 Å². The zero-order valence-corrected chi connectivity index (χ0v) is 16.7. The van der Waals surface area contributed by atoms with Gasteiger partial charge in [0.15, 0.2) is 0 Å². The van der Waals surface area contributed by atoms with Crippen molar-refractivity contribution in [2.75, 3.05) is 13.1 Å². The summed E-state index contributed by atoms with van der Waals surface area (Å²) < 4.78 is 5.86. The quantitative estimate of drug-likeness (QED) is 0.777. The Bertz CT molecular complexity index is 703. The van der Waals surface area contributed by atoms with Gasteiger partial charge in [-0.15, -0.1) is 0 Å². The molecule has 3 rings (SSSR count). The van der Waals surface area contributed by atoms with E-state index in [0.29, 0.717) is 22.7 Å². The van der Waals surface area contributed by atoms with Gasteiger partial charge in [-0.05, 0) is 75.4 Å². The van der Waals surface area contributed by atoms with E-state index in [9.17, 15) is 5.11 Å². The minimum Gasteiger partial charge on any atom is -0.441 e. The van der Waals surface area contributed by atoms with Gasteiger partial charge in [-0.1, -0.05) is 25.4 Å². The molecule has 0 aliphatic carbocycles. The fourth-order valence-electron chi connectivity index (χ4n) is 3.67. The summed E-state index contributed by atoms with van der Waals surface area (Å²) in [5.74, 6) is 2.50. The highest BCUT2D eigenvalue weighted by atomic mass is 35.5. The fourth-order valence-corrected chi connectivity index (χ4v) is 3.80. The van der Waals surface area contributed by atoms with Crippen molar-refractivity contribution in [1.29, 1.82) is 0 Å². The number of benzene rings is 1. The number of aliphatic hydroxyl groups is 1. The lowest BCUT2D eigenvalue weighted by atomic mass is 9.87. The number of likely N-dealkylation sites (tertiary alicyclic amines) is 1. The lowest BCUT2D eigenvalue weighted by molar-refractivity contribution is 0.0433. The summed E-state index contributed by atoms with van der Waals surface area (Å²) >= 11 is 5.95. The third kappa shape index (κ3) is 4.87. The van der Waals surface area contributed by atoms with E-state index in [4.69, 9.17) is 21.0 Å². The Morgan fingerprint density at radius 2 is 1.88 bits per heavy atom. The molecule has 1 atom stereocenters. The van der Waals surface area contributed by atoms with Crippen LogP contribution in [0.5, 0.6) is 0 Å². The summed E-state index contributed by atoms with van der Waals surface area (Å²) in [6.45, 7) is 9.12. The number of halogens is 1. The van der Waals surface area contributed by atoms with Crippen LogP contribution in [0.2, 0.25) is 5.02 Å². The van der Waals surface area contributed by atoms with Gasteiger partial charge in [-0.3, -0.25) is 4.90 Å². The van der Waals surface area contributed by atoms with Gasteiger partial charge in [0, 0.05) is 17.1 Å². The summed E-state index contributed by atoms with van der Waals surface area (Å²) in [7, 11) is 0. The largest absolute Gasteiger partial charge is 0.441 e. The van der Waals surface area contributed by atoms with Crippen molar-refractivity contribution in [2.45, 2.75) is 52.7 Å². The molecule has 0 spiro atoms. The molecule has 1 N–H and O–H groups in total. The van der Waals surface area contributed by atoms with E-state index in [1.54, 1.807) is 0 Å². The highest BCUT2D eigenvalue weighted by Gasteiger charge is 2.26. The summed E-state index contributed by atoms with van der Waals surface area (Å²) in [5, 5.41) is 11.1. The van der Waals surface area contributed by atoms with Crippen molar-refractivity contribution < 1.29 is 9.52 Å². The van der Waals surface area contributed by atoms with Gasteiger partial charge in [0.2, 0.25) is 5.89 Å². The van der Waals surface area contributed by atoms with Gasteiger partial charge in [-0.2, -0.15) is 0 Å². The van der Waals surface area contributed by atoms with Crippen LogP contribution in [0.25, 0.3) is 11.5 Å². The molecule has 1 fully saturated rings. The molecule has 142 valence electrons. The molecular weight excluding hydrogens is 348 g/mol. The van der Waals surface area contributed by atoms with Crippen molar-refractivity contribution in [2.24, 2.45) is 11.8 Å². The standard InChI is InChI=1S/C21H29ClN2O2/c1-14(2)12-20(25)16-8-10-24(11-9-16)13-19-15(3)26-21(23-19)17-4-6-18(22)7-5-17/h4-7,14,16,20,25H,8-13H2,1-3H3. The minimum atomic E-state index is -0.164. The number of rotatable bonds is 6. The van der Waals surface area contributed by atoms with Crippen molar-refractivity contribution in [3.8, 4) is 11.5 Å². The number of hydrogen-bond donors (Lipinski definition) is 1. The Balaban J connectivity index is 1.58. The summed E-state index contributed by atoms with van der Waals surface area (Å²) in [6, 6.07) is 7.56. The van der Waals surface area contributed by atoms with Gasteiger partial charge in [0.05, 0.1) is 11.8 Å². The second kappa shape index (κ2) is 8.55. The van der Waals surface area contributed by atoms with Crippen LogP contribution in [-0.2, 0) is 6.54 Å². The summed E-state index contributed by atoms with van der Waals surface area (Å²) in [4.78, 5) is 7.11. The van der Waals surface area contributed by atoms with E-state index in [-0.39, 0.29) is 6.10 Å². The Morgan fingerprint density at radius 1 is 1.23 bits per heavy atom. The monoisotopic (exact) mass is 376 g/mol. The number of piperidine rings is 1. The second-order valence-corrected chi connectivity index (χ2v) is 8.28. The first-order valence-electron chi connectivity index (χ1n) is 9.55. The molecule has 0 amide bonds.